The first-order chi connectivity index (χ1) is 8.92. The van der Waals surface area contributed by atoms with Gasteiger partial charge in [0.1, 0.15) is 5.82 Å². The zero-order valence-corrected chi connectivity index (χ0v) is 9.56. The highest BCUT2D eigenvalue weighted by Gasteiger charge is 2.00. The standard InChI is InChI=1S/C11H11N7/c1-2-11-14-16-17-18(11)15-10(1)13-8-5-9-3-6-12-7-4-9/h1-4,6-7H,5,8H2,(H,13,15). The number of nitrogens with one attached hydrogen (secondary N) is 1. The van der Waals surface area contributed by atoms with Crippen LogP contribution in [0.15, 0.2) is 36.7 Å². The normalized spacial score (nSPS) is 10.7. The maximum absolute atomic E-state index is 4.22. The molecular formula is C11H11N7. The second-order valence-corrected chi connectivity index (χ2v) is 3.78. The molecule has 7 heteroatoms. The predicted octanol–water partition coefficient (Wildman–Crippen LogP) is 0.569. The van der Waals surface area contributed by atoms with Gasteiger partial charge in [0.05, 0.1) is 0 Å². The van der Waals surface area contributed by atoms with Crippen LogP contribution in [0, 0.1) is 0 Å². The molecule has 1 N–H and O–H groups in total. The minimum absolute atomic E-state index is 0.634. The zero-order chi connectivity index (χ0) is 12.2. The van der Waals surface area contributed by atoms with Crippen LogP contribution in [0.5, 0.6) is 0 Å². The Labute approximate surface area is 103 Å². The Morgan fingerprint density at radius 1 is 1.11 bits per heavy atom. The van der Waals surface area contributed by atoms with E-state index in [1.54, 1.807) is 12.4 Å². The lowest BCUT2D eigenvalue weighted by molar-refractivity contribution is 0.733. The van der Waals surface area contributed by atoms with Crippen molar-refractivity contribution in [1.82, 2.24) is 30.2 Å². The van der Waals surface area contributed by atoms with Gasteiger partial charge in [-0.15, -0.1) is 14.8 Å². The highest BCUT2D eigenvalue weighted by Crippen LogP contribution is 2.04. The topological polar surface area (TPSA) is 80.9 Å². The summed E-state index contributed by atoms with van der Waals surface area (Å²) in [6.45, 7) is 0.796. The van der Waals surface area contributed by atoms with Gasteiger partial charge in [0.15, 0.2) is 5.65 Å². The van der Waals surface area contributed by atoms with Crippen molar-refractivity contribution >= 4 is 11.5 Å². The Morgan fingerprint density at radius 2 is 2.00 bits per heavy atom. The van der Waals surface area contributed by atoms with Gasteiger partial charge >= 0.3 is 0 Å². The summed E-state index contributed by atoms with van der Waals surface area (Å²) in [4.78, 5) is 3.98. The monoisotopic (exact) mass is 241 g/mol. The van der Waals surface area contributed by atoms with E-state index in [0.29, 0.717) is 5.65 Å². The fourth-order valence-corrected chi connectivity index (χ4v) is 1.63. The van der Waals surface area contributed by atoms with Crippen molar-refractivity contribution in [2.45, 2.75) is 6.42 Å². The molecule has 0 saturated heterocycles. The lowest BCUT2D eigenvalue weighted by Crippen LogP contribution is -2.08. The average Bonchev–Trinajstić information content (AvgIpc) is 2.87. The molecule has 18 heavy (non-hydrogen) atoms. The van der Waals surface area contributed by atoms with Gasteiger partial charge in [0.25, 0.3) is 0 Å². The number of tetrazole rings is 1. The third-order valence-corrected chi connectivity index (χ3v) is 2.54. The second-order valence-electron chi connectivity index (χ2n) is 3.78. The van der Waals surface area contributed by atoms with Crippen LogP contribution >= 0.6 is 0 Å². The number of fused-ring (bicyclic) bond motifs is 1. The van der Waals surface area contributed by atoms with Crippen LogP contribution in [0.2, 0.25) is 0 Å². The number of pyridine rings is 1. The maximum Gasteiger partial charge on any atom is 0.200 e. The molecular weight excluding hydrogens is 230 g/mol. The van der Waals surface area contributed by atoms with Crippen LogP contribution in [-0.2, 0) is 6.42 Å². The van der Waals surface area contributed by atoms with Crippen molar-refractivity contribution in [2.24, 2.45) is 0 Å². The minimum Gasteiger partial charge on any atom is -0.368 e. The van der Waals surface area contributed by atoms with Crippen LogP contribution in [-0.4, -0.2) is 36.8 Å². The van der Waals surface area contributed by atoms with Crippen molar-refractivity contribution in [3.63, 3.8) is 0 Å². The zero-order valence-electron chi connectivity index (χ0n) is 9.56. The minimum atomic E-state index is 0.634. The molecule has 3 heterocycles. The van der Waals surface area contributed by atoms with E-state index in [1.165, 1.54) is 10.2 Å². The van der Waals surface area contributed by atoms with Gasteiger partial charge in [-0.05, 0) is 46.7 Å². The SMILES string of the molecule is c1cc(CCNc2ccc3nnnn3n2)ccn1. The molecule has 90 valence electrons. The summed E-state index contributed by atoms with van der Waals surface area (Å²) in [6.07, 6.45) is 4.50. The van der Waals surface area contributed by atoms with Crippen molar-refractivity contribution in [3.8, 4) is 0 Å². The van der Waals surface area contributed by atoms with E-state index in [1.807, 2.05) is 24.3 Å². The Bertz CT molecular complexity index is 634. The van der Waals surface area contributed by atoms with Gasteiger partial charge in [0, 0.05) is 18.9 Å². The Morgan fingerprint density at radius 3 is 2.89 bits per heavy atom. The van der Waals surface area contributed by atoms with E-state index in [0.717, 1.165) is 18.8 Å². The van der Waals surface area contributed by atoms with Gasteiger partial charge in [-0.3, -0.25) is 4.98 Å². The number of hydrogen-bond donors (Lipinski definition) is 1. The number of hydrogen-bond acceptors (Lipinski definition) is 6. The molecule has 0 atom stereocenters. The molecule has 0 fully saturated rings. The molecule has 0 spiro atoms. The van der Waals surface area contributed by atoms with Crippen molar-refractivity contribution in [1.29, 1.82) is 0 Å². The molecule has 0 bridgehead atoms. The summed E-state index contributed by atoms with van der Waals surface area (Å²) >= 11 is 0. The van der Waals surface area contributed by atoms with Crippen LogP contribution in [0.25, 0.3) is 5.65 Å². The van der Waals surface area contributed by atoms with Crippen molar-refractivity contribution in [3.05, 3.63) is 42.2 Å². The molecule has 3 aromatic rings. The molecule has 0 aromatic carbocycles. The molecule has 0 radical (unpaired) electrons. The fourth-order valence-electron chi connectivity index (χ4n) is 1.63. The van der Waals surface area contributed by atoms with Crippen molar-refractivity contribution in [2.75, 3.05) is 11.9 Å². The summed E-state index contributed by atoms with van der Waals surface area (Å²) in [5.41, 5.74) is 1.87. The van der Waals surface area contributed by atoms with Crippen LogP contribution in [0.1, 0.15) is 5.56 Å². The molecule has 0 amide bonds. The van der Waals surface area contributed by atoms with E-state index in [-0.39, 0.29) is 0 Å². The van der Waals surface area contributed by atoms with Gasteiger partial charge < -0.3 is 5.32 Å². The van der Waals surface area contributed by atoms with Crippen LogP contribution in [0.4, 0.5) is 5.82 Å². The molecule has 3 aromatic heterocycles. The van der Waals surface area contributed by atoms with E-state index in [4.69, 9.17) is 0 Å². The summed E-state index contributed by atoms with van der Waals surface area (Å²) in [6, 6.07) is 7.68. The Kier molecular flexibility index (Phi) is 2.79. The third kappa shape index (κ3) is 2.24. The van der Waals surface area contributed by atoms with E-state index in [2.05, 4.69) is 30.9 Å². The first kappa shape index (κ1) is 10.6. The Balaban J connectivity index is 1.62. The van der Waals surface area contributed by atoms with Crippen molar-refractivity contribution < 1.29 is 0 Å². The average molecular weight is 241 g/mol. The molecule has 7 nitrogen and oxygen atoms in total. The van der Waals surface area contributed by atoms with E-state index >= 15 is 0 Å². The predicted molar refractivity (Wildman–Crippen MR) is 65.0 cm³/mol. The Hall–Kier alpha value is -2.57. The number of aromatic nitrogens is 6. The number of anilines is 1. The summed E-state index contributed by atoms with van der Waals surface area (Å²) < 4.78 is 1.40. The quantitative estimate of drug-likeness (QED) is 0.719. The molecule has 3 rings (SSSR count). The largest absolute Gasteiger partial charge is 0.368 e. The molecule has 0 saturated carbocycles. The van der Waals surface area contributed by atoms with E-state index in [9.17, 15) is 0 Å². The highest BCUT2D eigenvalue weighted by atomic mass is 15.6. The number of rotatable bonds is 4. The molecule has 0 aliphatic rings. The lowest BCUT2D eigenvalue weighted by atomic mass is 10.2. The summed E-state index contributed by atoms with van der Waals surface area (Å²) in [5, 5.41) is 18.5. The maximum atomic E-state index is 4.22. The van der Waals surface area contributed by atoms with Crippen LogP contribution in [0.3, 0.4) is 0 Å². The highest BCUT2D eigenvalue weighted by molar-refractivity contribution is 5.42. The third-order valence-electron chi connectivity index (χ3n) is 2.54. The second kappa shape index (κ2) is 4.74. The van der Waals surface area contributed by atoms with Crippen LogP contribution < -0.4 is 5.32 Å². The molecule has 0 aliphatic carbocycles. The number of nitrogens with zero attached hydrogens (tertiary/aromatic N) is 6. The van der Waals surface area contributed by atoms with Gasteiger partial charge in [0.2, 0.25) is 0 Å². The lowest BCUT2D eigenvalue weighted by Gasteiger charge is -2.04. The summed E-state index contributed by atoms with van der Waals surface area (Å²) in [5.74, 6) is 0.754. The first-order valence-corrected chi connectivity index (χ1v) is 5.60. The first-order valence-electron chi connectivity index (χ1n) is 5.60. The molecule has 0 unspecified atom stereocenters. The fraction of sp³-hybridized carbons (Fsp3) is 0.182. The summed E-state index contributed by atoms with van der Waals surface area (Å²) in [7, 11) is 0. The smallest absolute Gasteiger partial charge is 0.200 e. The van der Waals surface area contributed by atoms with E-state index < -0.39 is 0 Å². The van der Waals surface area contributed by atoms with Gasteiger partial charge in [-0.25, -0.2) is 0 Å². The van der Waals surface area contributed by atoms with Gasteiger partial charge in [-0.2, -0.15) is 0 Å². The van der Waals surface area contributed by atoms with Gasteiger partial charge in [-0.1, -0.05) is 0 Å². The molecule has 0 aliphatic heterocycles.